The molecule has 0 aliphatic carbocycles. The summed E-state index contributed by atoms with van der Waals surface area (Å²) >= 11 is 6.16. The lowest BCUT2D eigenvalue weighted by Gasteiger charge is -2.36. The minimum Gasteiger partial charge on any atom is -0.497 e. The number of carbonyl (C=O) groups excluding carboxylic acids is 1. The number of urea groups is 1. The highest BCUT2D eigenvalue weighted by molar-refractivity contribution is 6.31. The number of hydrogen-bond acceptors (Lipinski definition) is 5. The Hall–Kier alpha value is -3.06. The fraction of sp³-hybridized carbons (Fsp3) is 0.318. The summed E-state index contributed by atoms with van der Waals surface area (Å²) in [7, 11) is 1.62. The Morgan fingerprint density at radius 3 is 2.50 bits per heavy atom. The van der Waals surface area contributed by atoms with E-state index in [1.807, 2.05) is 54.3 Å². The van der Waals surface area contributed by atoms with E-state index in [0.29, 0.717) is 31.2 Å². The number of ether oxygens (including phenoxy) is 1. The Kier molecular flexibility index (Phi) is 5.90. The minimum atomic E-state index is -0.103. The fourth-order valence-corrected chi connectivity index (χ4v) is 3.70. The predicted molar refractivity (Wildman–Crippen MR) is 120 cm³/mol. The summed E-state index contributed by atoms with van der Waals surface area (Å²) in [5, 5.41) is 4.58. The number of amides is 2. The standard InChI is InChI=1S/C22H24ClN5O2/c1-3-20-25-19-14-15(23)4-9-18(19)21(26-20)27-10-12-28(13-11-27)22(29)24-16-5-7-17(30-2)8-6-16/h4-9,14H,3,10-13H2,1-2H3,(H,24,29). The van der Waals surface area contributed by atoms with Crippen LogP contribution in [0.3, 0.4) is 0 Å². The number of aromatic nitrogens is 2. The molecular weight excluding hydrogens is 402 g/mol. The molecule has 8 heteroatoms. The van der Waals surface area contributed by atoms with Crippen LogP contribution in [-0.4, -0.2) is 54.2 Å². The van der Waals surface area contributed by atoms with Gasteiger partial charge in [0.05, 0.1) is 12.6 Å². The number of nitrogens with zero attached hydrogens (tertiary/aromatic N) is 4. The molecule has 0 radical (unpaired) electrons. The van der Waals surface area contributed by atoms with Crippen molar-refractivity contribution in [2.24, 2.45) is 0 Å². The maximum absolute atomic E-state index is 12.6. The van der Waals surface area contributed by atoms with Gasteiger partial charge in [-0.3, -0.25) is 0 Å². The first-order valence-corrected chi connectivity index (χ1v) is 10.4. The monoisotopic (exact) mass is 425 g/mol. The molecule has 2 amide bonds. The van der Waals surface area contributed by atoms with Crippen molar-refractivity contribution in [2.75, 3.05) is 43.5 Å². The molecular formula is C22H24ClN5O2. The average molecular weight is 426 g/mol. The summed E-state index contributed by atoms with van der Waals surface area (Å²) in [6.07, 6.45) is 0.750. The van der Waals surface area contributed by atoms with Crippen LogP contribution in [0.25, 0.3) is 10.9 Å². The number of anilines is 2. The van der Waals surface area contributed by atoms with Crippen LogP contribution in [0.2, 0.25) is 5.02 Å². The number of benzene rings is 2. The number of rotatable bonds is 4. The van der Waals surface area contributed by atoms with Gasteiger partial charge in [-0.15, -0.1) is 0 Å². The SMILES string of the molecule is CCc1nc(N2CCN(C(=O)Nc3ccc(OC)cc3)CC2)c2ccc(Cl)cc2n1. The molecule has 4 rings (SSSR count). The summed E-state index contributed by atoms with van der Waals surface area (Å²) in [6, 6.07) is 12.9. The van der Waals surface area contributed by atoms with Crippen LogP contribution in [0.5, 0.6) is 5.75 Å². The number of halogens is 1. The highest BCUT2D eigenvalue weighted by Crippen LogP contribution is 2.27. The Labute approximate surface area is 180 Å². The minimum absolute atomic E-state index is 0.103. The lowest BCUT2D eigenvalue weighted by molar-refractivity contribution is 0.208. The number of carbonyl (C=O) groups is 1. The Morgan fingerprint density at radius 1 is 1.10 bits per heavy atom. The molecule has 3 aromatic rings. The number of methoxy groups -OCH3 is 1. The molecule has 1 N–H and O–H groups in total. The predicted octanol–water partition coefficient (Wildman–Crippen LogP) is 4.21. The Bertz CT molecular complexity index is 1050. The second-order valence-corrected chi connectivity index (χ2v) is 7.55. The molecule has 0 spiro atoms. The molecule has 30 heavy (non-hydrogen) atoms. The molecule has 2 heterocycles. The van der Waals surface area contributed by atoms with Crippen molar-refractivity contribution in [1.29, 1.82) is 0 Å². The first kappa shape index (κ1) is 20.2. The van der Waals surface area contributed by atoms with Crippen molar-refractivity contribution < 1.29 is 9.53 Å². The molecule has 2 aromatic carbocycles. The maximum atomic E-state index is 12.6. The van der Waals surface area contributed by atoms with Crippen molar-refractivity contribution in [1.82, 2.24) is 14.9 Å². The molecule has 0 atom stereocenters. The fourth-order valence-electron chi connectivity index (χ4n) is 3.53. The van der Waals surface area contributed by atoms with Gasteiger partial charge in [0.2, 0.25) is 0 Å². The third kappa shape index (κ3) is 4.26. The molecule has 1 aliphatic heterocycles. The zero-order valence-electron chi connectivity index (χ0n) is 17.1. The second-order valence-electron chi connectivity index (χ2n) is 7.11. The molecule has 1 saturated heterocycles. The Balaban J connectivity index is 1.46. The number of aryl methyl sites for hydroxylation is 1. The zero-order chi connectivity index (χ0) is 21.1. The Morgan fingerprint density at radius 2 is 1.83 bits per heavy atom. The number of hydrogen-bond donors (Lipinski definition) is 1. The van der Waals surface area contributed by atoms with Crippen LogP contribution in [-0.2, 0) is 6.42 Å². The molecule has 1 aliphatic rings. The topological polar surface area (TPSA) is 70.6 Å². The van der Waals surface area contributed by atoms with Gasteiger partial charge >= 0.3 is 6.03 Å². The van der Waals surface area contributed by atoms with Gasteiger partial charge in [-0.2, -0.15) is 0 Å². The van der Waals surface area contributed by atoms with Crippen LogP contribution in [0.1, 0.15) is 12.7 Å². The van der Waals surface area contributed by atoms with E-state index < -0.39 is 0 Å². The van der Waals surface area contributed by atoms with E-state index in [0.717, 1.165) is 40.4 Å². The summed E-state index contributed by atoms with van der Waals surface area (Å²) in [6.45, 7) is 4.67. The van der Waals surface area contributed by atoms with E-state index >= 15 is 0 Å². The summed E-state index contributed by atoms with van der Waals surface area (Å²) in [5.41, 5.74) is 1.60. The summed E-state index contributed by atoms with van der Waals surface area (Å²) in [5.74, 6) is 2.45. The smallest absolute Gasteiger partial charge is 0.321 e. The van der Waals surface area contributed by atoms with E-state index in [1.165, 1.54) is 0 Å². The zero-order valence-corrected chi connectivity index (χ0v) is 17.8. The van der Waals surface area contributed by atoms with E-state index in [4.69, 9.17) is 21.3 Å². The number of nitrogens with one attached hydrogen (secondary N) is 1. The first-order valence-electron chi connectivity index (χ1n) is 9.98. The molecule has 1 fully saturated rings. The van der Waals surface area contributed by atoms with Gasteiger partial charge < -0.3 is 19.9 Å². The van der Waals surface area contributed by atoms with Gasteiger partial charge in [-0.05, 0) is 42.5 Å². The molecule has 0 bridgehead atoms. The third-order valence-electron chi connectivity index (χ3n) is 5.21. The first-order chi connectivity index (χ1) is 14.6. The summed E-state index contributed by atoms with van der Waals surface area (Å²) < 4.78 is 5.15. The van der Waals surface area contributed by atoms with Gasteiger partial charge in [0.25, 0.3) is 0 Å². The van der Waals surface area contributed by atoms with E-state index in [2.05, 4.69) is 15.2 Å². The van der Waals surface area contributed by atoms with Crippen molar-refractivity contribution in [3.8, 4) is 5.75 Å². The van der Waals surface area contributed by atoms with E-state index in [9.17, 15) is 4.79 Å². The van der Waals surface area contributed by atoms with E-state index in [1.54, 1.807) is 7.11 Å². The van der Waals surface area contributed by atoms with Crippen LogP contribution in [0.15, 0.2) is 42.5 Å². The van der Waals surface area contributed by atoms with Crippen molar-refractivity contribution in [2.45, 2.75) is 13.3 Å². The van der Waals surface area contributed by atoms with Gasteiger partial charge in [-0.25, -0.2) is 14.8 Å². The van der Waals surface area contributed by atoms with Crippen molar-refractivity contribution in [3.05, 3.63) is 53.3 Å². The average Bonchev–Trinajstić information content (AvgIpc) is 2.78. The maximum Gasteiger partial charge on any atom is 0.321 e. The van der Waals surface area contributed by atoms with Crippen molar-refractivity contribution in [3.63, 3.8) is 0 Å². The van der Waals surface area contributed by atoms with Crippen LogP contribution in [0.4, 0.5) is 16.3 Å². The van der Waals surface area contributed by atoms with Crippen LogP contribution in [0, 0.1) is 0 Å². The number of piperazine rings is 1. The molecule has 0 saturated carbocycles. The van der Waals surface area contributed by atoms with E-state index in [-0.39, 0.29) is 6.03 Å². The third-order valence-corrected chi connectivity index (χ3v) is 5.44. The quantitative estimate of drug-likeness (QED) is 0.678. The molecule has 1 aromatic heterocycles. The normalized spacial score (nSPS) is 14.1. The van der Waals surface area contributed by atoms with Gasteiger partial charge in [0.1, 0.15) is 17.4 Å². The second kappa shape index (κ2) is 8.75. The molecule has 156 valence electrons. The molecule has 7 nitrogen and oxygen atoms in total. The van der Waals surface area contributed by atoms with Crippen LogP contribution < -0.4 is 15.0 Å². The lowest BCUT2D eigenvalue weighted by atomic mass is 10.2. The van der Waals surface area contributed by atoms with Crippen molar-refractivity contribution >= 4 is 40.0 Å². The van der Waals surface area contributed by atoms with Gasteiger partial charge in [0, 0.05) is 48.7 Å². The largest absolute Gasteiger partial charge is 0.497 e. The number of fused-ring (bicyclic) bond motifs is 1. The van der Waals surface area contributed by atoms with Crippen LogP contribution >= 0.6 is 11.6 Å². The summed E-state index contributed by atoms with van der Waals surface area (Å²) in [4.78, 5) is 26.1. The highest BCUT2D eigenvalue weighted by atomic mass is 35.5. The van der Waals surface area contributed by atoms with Gasteiger partial charge in [0.15, 0.2) is 0 Å². The lowest BCUT2D eigenvalue weighted by Crippen LogP contribution is -2.50. The highest BCUT2D eigenvalue weighted by Gasteiger charge is 2.24. The van der Waals surface area contributed by atoms with Gasteiger partial charge in [-0.1, -0.05) is 18.5 Å². The molecule has 0 unspecified atom stereocenters.